The van der Waals surface area contributed by atoms with Gasteiger partial charge in [-0.3, -0.25) is 0 Å². The van der Waals surface area contributed by atoms with Crippen LogP contribution in [0.3, 0.4) is 0 Å². The van der Waals surface area contributed by atoms with Crippen LogP contribution in [0.4, 0.5) is 0 Å². The van der Waals surface area contributed by atoms with E-state index < -0.39 is 5.97 Å². The van der Waals surface area contributed by atoms with E-state index in [4.69, 9.17) is 4.52 Å². The van der Waals surface area contributed by atoms with E-state index in [2.05, 4.69) is 25.8 Å². The average molecular weight is 282 g/mol. The first-order valence-corrected chi connectivity index (χ1v) is 5.31. The molecule has 16 heavy (non-hydrogen) atoms. The Hall–Kier alpha value is -1.62. The summed E-state index contributed by atoms with van der Waals surface area (Å²) in [6.07, 6.45) is 0. The van der Waals surface area contributed by atoms with E-state index in [0.717, 1.165) is 10.0 Å². The molecule has 5 heteroatoms. The number of hydrogen-bond acceptors (Lipinski definition) is 4. The van der Waals surface area contributed by atoms with Crippen molar-refractivity contribution in [3.05, 3.63) is 40.6 Å². The van der Waals surface area contributed by atoms with Gasteiger partial charge in [-0.2, -0.15) is 0 Å². The van der Waals surface area contributed by atoms with E-state index in [1.165, 1.54) is 7.11 Å². The number of halogens is 1. The third kappa shape index (κ3) is 2.14. The number of hydrogen-bond donors (Lipinski definition) is 0. The molecule has 0 saturated heterocycles. The third-order valence-electron chi connectivity index (χ3n) is 2.02. The molecule has 0 atom stereocenters. The summed E-state index contributed by atoms with van der Waals surface area (Å²) in [5.41, 5.74) is 1.47. The first-order valence-electron chi connectivity index (χ1n) is 4.51. The van der Waals surface area contributed by atoms with Crippen molar-refractivity contribution in [3.8, 4) is 11.3 Å². The molecular weight excluding hydrogens is 274 g/mol. The van der Waals surface area contributed by atoms with Crippen molar-refractivity contribution < 1.29 is 14.1 Å². The summed E-state index contributed by atoms with van der Waals surface area (Å²) < 4.78 is 10.3. The number of rotatable bonds is 2. The van der Waals surface area contributed by atoms with Gasteiger partial charge >= 0.3 is 5.97 Å². The fourth-order valence-electron chi connectivity index (χ4n) is 1.26. The quantitative estimate of drug-likeness (QED) is 0.795. The van der Waals surface area contributed by atoms with Crippen molar-refractivity contribution in [2.24, 2.45) is 0 Å². The van der Waals surface area contributed by atoms with Crippen molar-refractivity contribution in [3.63, 3.8) is 0 Å². The van der Waals surface area contributed by atoms with Gasteiger partial charge in [-0.05, 0) is 12.1 Å². The Morgan fingerprint density at radius 3 is 2.94 bits per heavy atom. The van der Waals surface area contributed by atoms with E-state index in [1.807, 2.05) is 24.3 Å². The molecule has 0 aliphatic heterocycles. The second-order valence-electron chi connectivity index (χ2n) is 3.08. The van der Waals surface area contributed by atoms with Gasteiger partial charge in [0.25, 0.3) is 0 Å². The predicted molar refractivity (Wildman–Crippen MR) is 61.0 cm³/mol. The summed E-state index contributed by atoms with van der Waals surface area (Å²) in [4.78, 5) is 11.2. The van der Waals surface area contributed by atoms with Crippen LogP contribution < -0.4 is 0 Å². The molecule has 0 radical (unpaired) electrons. The normalized spacial score (nSPS) is 10.1. The summed E-state index contributed by atoms with van der Waals surface area (Å²) in [6, 6.07) is 9.10. The Morgan fingerprint density at radius 2 is 2.25 bits per heavy atom. The minimum Gasteiger partial charge on any atom is -0.463 e. The zero-order valence-corrected chi connectivity index (χ0v) is 10.0. The van der Waals surface area contributed by atoms with Crippen LogP contribution in [0, 0.1) is 0 Å². The van der Waals surface area contributed by atoms with Gasteiger partial charge in [0.15, 0.2) is 0 Å². The molecule has 82 valence electrons. The van der Waals surface area contributed by atoms with Gasteiger partial charge in [0, 0.05) is 16.1 Å². The third-order valence-corrected chi connectivity index (χ3v) is 2.51. The standard InChI is InChI=1S/C11H8BrNO3/c1-15-11(14)10-6-9(13-16-10)7-3-2-4-8(12)5-7/h2-6H,1H3. The minimum absolute atomic E-state index is 0.0949. The molecule has 1 heterocycles. The molecule has 0 saturated carbocycles. The Kier molecular flexibility index (Phi) is 3.05. The summed E-state index contributed by atoms with van der Waals surface area (Å²) in [6.45, 7) is 0. The van der Waals surface area contributed by atoms with E-state index in [9.17, 15) is 4.79 Å². The SMILES string of the molecule is COC(=O)c1cc(-c2cccc(Br)c2)no1. The van der Waals surface area contributed by atoms with Crippen molar-refractivity contribution in [2.45, 2.75) is 0 Å². The zero-order chi connectivity index (χ0) is 11.5. The monoisotopic (exact) mass is 281 g/mol. The molecule has 0 N–H and O–H groups in total. The summed E-state index contributed by atoms with van der Waals surface area (Å²) in [5, 5.41) is 3.80. The first-order chi connectivity index (χ1) is 7.70. The van der Waals surface area contributed by atoms with Crippen molar-refractivity contribution in [1.29, 1.82) is 0 Å². The van der Waals surface area contributed by atoms with Crippen LogP contribution in [0.25, 0.3) is 11.3 Å². The molecule has 2 aromatic rings. The maximum absolute atomic E-state index is 11.2. The maximum atomic E-state index is 11.2. The lowest BCUT2D eigenvalue weighted by atomic mass is 10.1. The molecule has 0 fully saturated rings. The highest BCUT2D eigenvalue weighted by Gasteiger charge is 2.13. The maximum Gasteiger partial charge on any atom is 0.376 e. The Bertz CT molecular complexity index is 521. The highest BCUT2D eigenvalue weighted by Crippen LogP contribution is 2.22. The molecule has 1 aromatic carbocycles. The number of benzene rings is 1. The second kappa shape index (κ2) is 4.49. The van der Waals surface area contributed by atoms with Crippen LogP contribution in [0.1, 0.15) is 10.6 Å². The average Bonchev–Trinajstić information content (AvgIpc) is 2.77. The Labute approximate surface area is 100 Å². The van der Waals surface area contributed by atoms with Gasteiger partial charge in [-0.15, -0.1) is 0 Å². The van der Waals surface area contributed by atoms with Crippen LogP contribution >= 0.6 is 15.9 Å². The number of carbonyl (C=O) groups is 1. The summed E-state index contributed by atoms with van der Waals surface area (Å²) in [7, 11) is 1.30. The predicted octanol–water partition coefficient (Wildman–Crippen LogP) is 2.89. The summed E-state index contributed by atoms with van der Waals surface area (Å²) >= 11 is 3.36. The Balaban J connectivity index is 2.35. The molecule has 2 rings (SSSR count). The molecule has 0 unspecified atom stereocenters. The number of nitrogens with zero attached hydrogens (tertiary/aromatic N) is 1. The summed E-state index contributed by atoms with van der Waals surface area (Å²) in [5.74, 6) is -0.439. The largest absolute Gasteiger partial charge is 0.463 e. The van der Waals surface area contributed by atoms with E-state index >= 15 is 0 Å². The van der Waals surface area contributed by atoms with Gasteiger partial charge in [-0.25, -0.2) is 4.79 Å². The molecule has 1 aromatic heterocycles. The van der Waals surface area contributed by atoms with E-state index in [-0.39, 0.29) is 5.76 Å². The molecule has 0 amide bonds. The first kappa shape index (κ1) is 10.9. The second-order valence-corrected chi connectivity index (χ2v) is 3.99. The number of ether oxygens (including phenoxy) is 1. The number of esters is 1. The van der Waals surface area contributed by atoms with Crippen LogP contribution in [0.2, 0.25) is 0 Å². The topological polar surface area (TPSA) is 52.3 Å². The molecule has 0 spiro atoms. The fraction of sp³-hybridized carbons (Fsp3) is 0.0909. The molecule has 4 nitrogen and oxygen atoms in total. The van der Waals surface area contributed by atoms with Crippen LogP contribution in [0.5, 0.6) is 0 Å². The number of aromatic nitrogens is 1. The van der Waals surface area contributed by atoms with Crippen molar-refractivity contribution in [2.75, 3.05) is 7.11 Å². The van der Waals surface area contributed by atoms with Crippen LogP contribution in [-0.2, 0) is 4.74 Å². The van der Waals surface area contributed by atoms with Crippen molar-refractivity contribution in [1.82, 2.24) is 5.16 Å². The molecule has 0 aliphatic rings. The minimum atomic E-state index is -0.534. The van der Waals surface area contributed by atoms with Gasteiger partial charge < -0.3 is 9.26 Å². The highest BCUT2D eigenvalue weighted by atomic mass is 79.9. The smallest absolute Gasteiger partial charge is 0.376 e. The van der Waals surface area contributed by atoms with E-state index in [1.54, 1.807) is 6.07 Å². The molecule has 0 bridgehead atoms. The Morgan fingerprint density at radius 1 is 1.44 bits per heavy atom. The van der Waals surface area contributed by atoms with Gasteiger partial charge in [-0.1, -0.05) is 33.2 Å². The van der Waals surface area contributed by atoms with Crippen molar-refractivity contribution >= 4 is 21.9 Å². The van der Waals surface area contributed by atoms with Crippen LogP contribution in [0.15, 0.2) is 39.3 Å². The highest BCUT2D eigenvalue weighted by molar-refractivity contribution is 9.10. The molecular formula is C11H8BrNO3. The van der Waals surface area contributed by atoms with Crippen LogP contribution in [-0.4, -0.2) is 18.2 Å². The number of carbonyl (C=O) groups excluding carboxylic acids is 1. The fourth-order valence-corrected chi connectivity index (χ4v) is 1.66. The lowest BCUT2D eigenvalue weighted by Gasteiger charge is -1.94. The van der Waals surface area contributed by atoms with Gasteiger partial charge in [0.1, 0.15) is 5.69 Å². The van der Waals surface area contributed by atoms with Gasteiger partial charge in [0.05, 0.1) is 7.11 Å². The van der Waals surface area contributed by atoms with E-state index in [0.29, 0.717) is 5.69 Å². The zero-order valence-electron chi connectivity index (χ0n) is 8.44. The molecule has 0 aliphatic carbocycles. The lowest BCUT2D eigenvalue weighted by Crippen LogP contribution is -1.98. The number of methoxy groups -OCH3 is 1. The lowest BCUT2D eigenvalue weighted by molar-refractivity contribution is 0.0554. The van der Waals surface area contributed by atoms with Gasteiger partial charge in [0.2, 0.25) is 5.76 Å².